The molecule has 2 aromatic heterocycles. The van der Waals surface area contributed by atoms with Crippen LogP contribution in [-0.4, -0.2) is 57.7 Å². The molecule has 1 aliphatic carbocycles. The van der Waals surface area contributed by atoms with Crippen LogP contribution in [-0.2, 0) is 17.6 Å². The summed E-state index contributed by atoms with van der Waals surface area (Å²) in [5, 5.41) is 12.0. The number of nitrogens with zero attached hydrogens (tertiary/aromatic N) is 4. The van der Waals surface area contributed by atoms with E-state index >= 15 is 0 Å². The third kappa shape index (κ3) is 5.09. The first kappa shape index (κ1) is 25.7. The van der Waals surface area contributed by atoms with Crippen molar-refractivity contribution in [3.63, 3.8) is 0 Å². The molecule has 2 amide bonds. The molecule has 0 radical (unpaired) electrons. The van der Waals surface area contributed by atoms with Gasteiger partial charge in [0.1, 0.15) is 0 Å². The van der Waals surface area contributed by atoms with Gasteiger partial charge in [-0.15, -0.1) is 0 Å². The molecule has 0 spiro atoms. The maximum atomic E-state index is 13.1. The summed E-state index contributed by atoms with van der Waals surface area (Å²) in [5.41, 5.74) is 6.17. The number of carbonyl (C=O) groups is 2. The summed E-state index contributed by atoms with van der Waals surface area (Å²) >= 11 is 8.17. The zero-order valence-corrected chi connectivity index (χ0v) is 23.4. The summed E-state index contributed by atoms with van der Waals surface area (Å²) in [6, 6.07) is 15.7. The molecule has 10 heteroatoms. The number of amides is 2. The molecule has 2 aliphatic rings. The molecule has 1 fully saturated rings. The van der Waals surface area contributed by atoms with Crippen molar-refractivity contribution < 1.29 is 9.59 Å². The van der Waals surface area contributed by atoms with Crippen LogP contribution in [0.15, 0.2) is 48.5 Å². The molecule has 1 aliphatic heterocycles. The number of anilines is 1. The van der Waals surface area contributed by atoms with Crippen molar-refractivity contribution in [3.05, 3.63) is 70.4 Å². The SMILES string of the molecule is CC(=O)Nc1nc2c(s1)-c1c(c(-c3ccccc3)nn1-c1ccc(C(=O)NC3CCN(C)CC3)c(Cl)c1)CC2. The Hall–Kier alpha value is -3.53. The standard InChI is InChI=1S/C29H29ClN6O2S/c1-17(37)31-29-33-24-11-10-22-25(18-6-4-3-5-7-18)34-36(26(22)27(24)39-29)20-8-9-21(23(30)16-20)28(38)32-19-12-14-35(2)15-13-19/h3-9,16,19H,10-15H2,1-2H3,(H,32,38)(H,31,33,37). The lowest BCUT2D eigenvalue weighted by atomic mass is 9.95. The summed E-state index contributed by atoms with van der Waals surface area (Å²) < 4.78 is 1.90. The van der Waals surface area contributed by atoms with Crippen molar-refractivity contribution in [3.8, 4) is 27.5 Å². The highest BCUT2D eigenvalue weighted by atomic mass is 35.5. The van der Waals surface area contributed by atoms with Crippen LogP contribution in [0.3, 0.4) is 0 Å². The van der Waals surface area contributed by atoms with Crippen LogP contribution in [0.25, 0.3) is 27.5 Å². The van der Waals surface area contributed by atoms with Gasteiger partial charge in [-0.25, -0.2) is 9.67 Å². The number of rotatable bonds is 5. The average Bonchev–Trinajstić information content (AvgIpc) is 3.51. The largest absolute Gasteiger partial charge is 0.349 e. The molecule has 0 saturated carbocycles. The van der Waals surface area contributed by atoms with Crippen LogP contribution in [0.2, 0.25) is 5.02 Å². The summed E-state index contributed by atoms with van der Waals surface area (Å²) in [5.74, 6) is -0.307. The fourth-order valence-electron chi connectivity index (χ4n) is 5.32. The molecule has 0 atom stereocenters. The maximum absolute atomic E-state index is 13.1. The molecular formula is C29H29ClN6O2S. The predicted octanol–water partition coefficient (Wildman–Crippen LogP) is 5.20. The van der Waals surface area contributed by atoms with Crippen LogP contribution < -0.4 is 10.6 Å². The number of hydrogen-bond acceptors (Lipinski definition) is 6. The molecule has 0 unspecified atom stereocenters. The second-order valence-corrected chi connectivity index (χ2v) is 11.6. The highest BCUT2D eigenvalue weighted by Gasteiger charge is 2.30. The van der Waals surface area contributed by atoms with Crippen LogP contribution in [0.4, 0.5) is 5.13 Å². The van der Waals surface area contributed by atoms with E-state index in [0.29, 0.717) is 15.7 Å². The van der Waals surface area contributed by atoms with E-state index in [4.69, 9.17) is 16.7 Å². The lowest BCUT2D eigenvalue weighted by molar-refractivity contribution is -0.114. The van der Waals surface area contributed by atoms with Gasteiger partial charge < -0.3 is 15.5 Å². The number of piperidine rings is 1. The molecule has 200 valence electrons. The number of fused-ring (bicyclic) bond motifs is 3. The third-order valence-electron chi connectivity index (χ3n) is 7.33. The van der Waals surface area contributed by atoms with E-state index < -0.39 is 0 Å². The fraction of sp³-hybridized carbons (Fsp3) is 0.310. The number of aromatic nitrogens is 3. The van der Waals surface area contributed by atoms with E-state index in [0.717, 1.165) is 77.5 Å². The van der Waals surface area contributed by atoms with E-state index in [9.17, 15) is 9.59 Å². The van der Waals surface area contributed by atoms with Gasteiger partial charge in [0.25, 0.3) is 5.91 Å². The van der Waals surface area contributed by atoms with Gasteiger partial charge >= 0.3 is 0 Å². The Kier molecular flexibility index (Phi) is 6.97. The zero-order chi connectivity index (χ0) is 27.1. The molecule has 39 heavy (non-hydrogen) atoms. The van der Waals surface area contributed by atoms with E-state index in [2.05, 4.69) is 39.7 Å². The predicted molar refractivity (Wildman–Crippen MR) is 155 cm³/mol. The van der Waals surface area contributed by atoms with Gasteiger partial charge in [0, 0.05) is 24.1 Å². The molecule has 2 N–H and O–H groups in total. The van der Waals surface area contributed by atoms with Crippen molar-refractivity contribution >= 4 is 39.9 Å². The molecule has 0 bridgehead atoms. The maximum Gasteiger partial charge on any atom is 0.253 e. The number of benzene rings is 2. The highest BCUT2D eigenvalue weighted by Crippen LogP contribution is 2.44. The Morgan fingerprint density at radius 3 is 2.56 bits per heavy atom. The van der Waals surface area contributed by atoms with Crippen LogP contribution in [0.5, 0.6) is 0 Å². The van der Waals surface area contributed by atoms with Gasteiger partial charge in [-0.2, -0.15) is 5.10 Å². The molecule has 2 aromatic carbocycles. The first-order valence-electron chi connectivity index (χ1n) is 13.1. The van der Waals surface area contributed by atoms with Crippen molar-refractivity contribution in [1.29, 1.82) is 0 Å². The van der Waals surface area contributed by atoms with E-state index in [1.807, 2.05) is 28.9 Å². The van der Waals surface area contributed by atoms with Crippen LogP contribution >= 0.6 is 22.9 Å². The van der Waals surface area contributed by atoms with Crippen molar-refractivity contribution in [2.75, 3.05) is 25.5 Å². The Morgan fingerprint density at radius 1 is 1.08 bits per heavy atom. The zero-order valence-electron chi connectivity index (χ0n) is 21.8. The fourth-order valence-corrected chi connectivity index (χ4v) is 6.70. The number of thiazole rings is 1. The highest BCUT2D eigenvalue weighted by molar-refractivity contribution is 7.19. The smallest absolute Gasteiger partial charge is 0.253 e. The van der Waals surface area contributed by atoms with Crippen molar-refractivity contribution in [2.45, 2.75) is 38.6 Å². The lowest BCUT2D eigenvalue weighted by Gasteiger charge is -2.29. The minimum absolute atomic E-state index is 0.151. The molecule has 4 aromatic rings. The Labute approximate surface area is 236 Å². The minimum Gasteiger partial charge on any atom is -0.349 e. The Bertz CT molecular complexity index is 1560. The van der Waals surface area contributed by atoms with Crippen molar-refractivity contribution in [1.82, 2.24) is 25.0 Å². The molecule has 8 nitrogen and oxygen atoms in total. The molecule has 6 rings (SSSR count). The number of carbonyl (C=O) groups excluding carboxylic acids is 2. The second-order valence-electron chi connectivity index (χ2n) is 10.1. The summed E-state index contributed by atoms with van der Waals surface area (Å²) in [7, 11) is 2.10. The van der Waals surface area contributed by atoms with Gasteiger partial charge in [-0.05, 0) is 64.0 Å². The summed E-state index contributed by atoms with van der Waals surface area (Å²) in [4.78, 5) is 32.7. The number of hydrogen-bond donors (Lipinski definition) is 2. The number of halogens is 1. The topological polar surface area (TPSA) is 92.1 Å². The van der Waals surface area contributed by atoms with E-state index in [1.165, 1.54) is 18.3 Å². The normalized spacial score (nSPS) is 15.5. The quantitative estimate of drug-likeness (QED) is 0.350. The van der Waals surface area contributed by atoms with E-state index in [-0.39, 0.29) is 17.9 Å². The monoisotopic (exact) mass is 560 g/mol. The molecule has 3 heterocycles. The van der Waals surface area contributed by atoms with Crippen LogP contribution in [0.1, 0.15) is 41.4 Å². The molecule has 1 saturated heterocycles. The van der Waals surface area contributed by atoms with E-state index in [1.54, 1.807) is 12.1 Å². The van der Waals surface area contributed by atoms with Crippen molar-refractivity contribution in [2.24, 2.45) is 0 Å². The average molecular weight is 561 g/mol. The lowest BCUT2D eigenvalue weighted by Crippen LogP contribution is -2.43. The van der Waals surface area contributed by atoms with Gasteiger partial charge in [-0.1, -0.05) is 53.3 Å². The Balaban J connectivity index is 1.39. The first-order valence-corrected chi connectivity index (χ1v) is 14.3. The summed E-state index contributed by atoms with van der Waals surface area (Å²) in [6.07, 6.45) is 3.40. The number of aryl methyl sites for hydroxylation is 1. The third-order valence-corrected chi connectivity index (χ3v) is 8.67. The van der Waals surface area contributed by atoms with Gasteiger partial charge in [-0.3, -0.25) is 9.59 Å². The van der Waals surface area contributed by atoms with Gasteiger partial charge in [0.15, 0.2) is 5.13 Å². The second kappa shape index (κ2) is 10.6. The van der Waals surface area contributed by atoms with Crippen LogP contribution in [0, 0.1) is 0 Å². The molecular weight excluding hydrogens is 532 g/mol. The Morgan fingerprint density at radius 2 is 1.85 bits per heavy atom. The summed E-state index contributed by atoms with van der Waals surface area (Å²) in [6.45, 7) is 3.42. The number of likely N-dealkylation sites (tertiary alicyclic amines) is 1. The minimum atomic E-state index is -0.154. The van der Waals surface area contributed by atoms with Gasteiger partial charge in [0.2, 0.25) is 5.91 Å². The number of nitrogens with one attached hydrogen (secondary N) is 2. The first-order chi connectivity index (χ1) is 18.9. The van der Waals surface area contributed by atoms with Gasteiger partial charge in [0.05, 0.1) is 38.2 Å².